The van der Waals surface area contributed by atoms with E-state index in [-0.39, 0.29) is 0 Å². The number of hydrogen-bond acceptors (Lipinski definition) is 3. The summed E-state index contributed by atoms with van der Waals surface area (Å²) in [6.07, 6.45) is 4.76. The molecule has 12 heavy (non-hydrogen) atoms. The molecular formula is C8H15N3O. The van der Waals surface area contributed by atoms with Gasteiger partial charge in [-0.3, -0.25) is 4.68 Å². The first-order chi connectivity index (χ1) is 5.83. The fourth-order valence-electron chi connectivity index (χ4n) is 0.976. The van der Waals surface area contributed by atoms with Crippen molar-refractivity contribution < 1.29 is 4.74 Å². The van der Waals surface area contributed by atoms with Gasteiger partial charge in [-0.1, -0.05) is 0 Å². The second-order valence-electron chi connectivity index (χ2n) is 2.67. The van der Waals surface area contributed by atoms with Crippen molar-refractivity contribution in [3.05, 3.63) is 18.0 Å². The predicted molar refractivity (Wildman–Crippen MR) is 46.8 cm³/mol. The van der Waals surface area contributed by atoms with E-state index in [9.17, 15) is 0 Å². The van der Waals surface area contributed by atoms with E-state index in [1.54, 1.807) is 4.68 Å². The molecule has 68 valence electrons. The molecule has 0 aliphatic carbocycles. The van der Waals surface area contributed by atoms with Gasteiger partial charge in [0, 0.05) is 19.8 Å². The van der Waals surface area contributed by atoms with Crippen molar-refractivity contribution in [2.45, 2.75) is 6.42 Å². The highest BCUT2D eigenvalue weighted by atomic mass is 16.5. The van der Waals surface area contributed by atoms with Gasteiger partial charge in [0.05, 0.1) is 19.4 Å². The number of rotatable bonds is 5. The van der Waals surface area contributed by atoms with E-state index in [1.807, 2.05) is 19.4 Å². The van der Waals surface area contributed by atoms with Gasteiger partial charge in [0.1, 0.15) is 0 Å². The summed E-state index contributed by atoms with van der Waals surface area (Å²) < 4.78 is 7.02. The minimum absolute atomic E-state index is 0.590. The molecule has 0 amide bonds. The van der Waals surface area contributed by atoms with Gasteiger partial charge in [0.15, 0.2) is 0 Å². The Morgan fingerprint density at radius 3 is 3.00 bits per heavy atom. The summed E-state index contributed by atoms with van der Waals surface area (Å²) >= 11 is 0. The average molecular weight is 169 g/mol. The summed E-state index contributed by atoms with van der Waals surface area (Å²) in [5, 5.41) is 4.05. The van der Waals surface area contributed by atoms with Crippen molar-refractivity contribution in [2.75, 3.05) is 19.8 Å². The molecule has 0 bridgehead atoms. The maximum Gasteiger partial charge on any atom is 0.0588 e. The Morgan fingerprint density at radius 1 is 1.58 bits per heavy atom. The first-order valence-electron chi connectivity index (χ1n) is 4.08. The molecule has 1 aromatic heterocycles. The monoisotopic (exact) mass is 169 g/mol. The molecule has 0 saturated carbocycles. The number of hydrogen-bond donors (Lipinski definition) is 1. The topological polar surface area (TPSA) is 53.1 Å². The Labute approximate surface area is 72.3 Å². The molecule has 0 fully saturated rings. The first kappa shape index (κ1) is 9.22. The van der Waals surface area contributed by atoms with Crippen LogP contribution in [0.1, 0.15) is 5.56 Å². The molecule has 0 atom stereocenters. The van der Waals surface area contributed by atoms with Crippen molar-refractivity contribution in [1.29, 1.82) is 0 Å². The fraction of sp³-hybridized carbons (Fsp3) is 0.625. The van der Waals surface area contributed by atoms with Crippen LogP contribution in [0.3, 0.4) is 0 Å². The van der Waals surface area contributed by atoms with Crippen LogP contribution in [-0.2, 0) is 18.2 Å². The maximum absolute atomic E-state index is 5.27. The van der Waals surface area contributed by atoms with Gasteiger partial charge in [-0.2, -0.15) is 5.10 Å². The highest BCUT2D eigenvalue weighted by molar-refractivity contribution is 5.03. The maximum atomic E-state index is 5.27. The molecule has 0 unspecified atom stereocenters. The Bertz CT molecular complexity index is 222. The SMILES string of the molecule is Cn1cc(CCOCCN)cn1. The number of aromatic nitrogens is 2. The molecular weight excluding hydrogens is 154 g/mol. The van der Waals surface area contributed by atoms with E-state index in [4.69, 9.17) is 10.5 Å². The molecule has 0 spiro atoms. The molecule has 0 aromatic carbocycles. The predicted octanol–water partition coefficient (Wildman–Crippen LogP) is -0.0621. The molecule has 0 aliphatic rings. The summed E-state index contributed by atoms with van der Waals surface area (Å²) in [7, 11) is 1.91. The summed E-state index contributed by atoms with van der Waals surface area (Å²) in [5.74, 6) is 0. The van der Waals surface area contributed by atoms with Crippen molar-refractivity contribution >= 4 is 0 Å². The number of aryl methyl sites for hydroxylation is 1. The van der Waals surface area contributed by atoms with Crippen LogP contribution in [0.4, 0.5) is 0 Å². The Morgan fingerprint density at radius 2 is 2.42 bits per heavy atom. The van der Waals surface area contributed by atoms with Gasteiger partial charge in [-0.15, -0.1) is 0 Å². The molecule has 0 radical (unpaired) electrons. The third-order valence-corrected chi connectivity index (χ3v) is 1.56. The number of ether oxygens (including phenoxy) is 1. The molecule has 1 rings (SSSR count). The van der Waals surface area contributed by atoms with Crippen LogP contribution in [0.25, 0.3) is 0 Å². The number of nitrogens with zero attached hydrogens (tertiary/aromatic N) is 2. The van der Waals surface area contributed by atoms with Gasteiger partial charge in [-0.05, 0) is 12.0 Å². The van der Waals surface area contributed by atoms with Gasteiger partial charge in [-0.25, -0.2) is 0 Å². The van der Waals surface area contributed by atoms with Crippen LogP contribution < -0.4 is 5.73 Å². The molecule has 0 saturated heterocycles. The van der Waals surface area contributed by atoms with Gasteiger partial charge >= 0.3 is 0 Å². The van der Waals surface area contributed by atoms with Crippen molar-refractivity contribution in [3.63, 3.8) is 0 Å². The molecule has 2 N–H and O–H groups in total. The van der Waals surface area contributed by atoms with E-state index >= 15 is 0 Å². The Hall–Kier alpha value is -0.870. The lowest BCUT2D eigenvalue weighted by atomic mass is 10.3. The largest absolute Gasteiger partial charge is 0.380 e. The Kier molecular flexibility index (Phi) is 3.76. The van der Waals surface area contributed by atoms with Crippen LogP contribution in [0.2, 0.25) is 0 Å². The lowest BCUT2D eigenvalue weighted by Crippen LogP contribution is -2.09. The van der Waals surface area contributed by atoms with Crippen LogP contribution in [0.5, 0.6) is 0 Å². The van der Waals surface area contributed by atoms with Crippen molar-refractivity contribution in [3.8, 4) is 0 Å². The zero-order chi connectivity index (χ0) is 8.81. The molecule has 4 nitrogen and oxygen atoms in total. The van der Waals surface area contributed by atoms with Gasteiger partial charge < -0.3 is 10.5 Å². The molecule has 1 heterocycles. The molecule has 1 aromatic rings. The molecule has 0 aliphatic heterocycles. The average Bonchev–Trinajstić information content (AvgIpc) is 2.45. The third kappa shape index (κ3) is 3.02. The highest BCUT2D eigenvalue weighted by Gasteiger charge is 1.94. The zero-order valence-corrected chi connectivity index (χ0v) is 7.36. The summed E-state index contributed by atoms with van der Waals surface area (Å²) in [6.45, 7) is 1.95. The second-order valence-corrected chi connectivity index (χ2v) is 2.67. The highest BCUT2D eigenvalue weighted by Crippen LogP contribution is 1.97. The third-order valence-electron chi connectivity index (χ3n) is 1.56. The van der Waals surface area contributed by atoms with E-state index < -0.39 is 0 Å². The van der Waals surface area contributed by atoms with Crippen LogP contribution in [0.15, 0.2) is 12.4 Å². The smallest absolute Gasteiger partial charge is 0.0588 e. The second kappa shape index (κ2) is 4.90. The first-order valence-corrected chi connectivity index (χ1v) is 4.08. The van der Waals surface area contributed by atoms with E-state index in [0.717, 1.165) is 13.0 Å². The van der Waals surface area contributed by atoms with Gasteiger partial charge in [0.25, 0.3) is 0 Å². The lowest BCUT2D eigenvalue weighted by molar-refractivity contribution is 0.145. The van der Waals surface area contributed by atoms with Crippen LogP contribution in [0, 0.1) is 0 Å². The van der Waals surface area contributed by atoms with Crippen molar-refractivity contribution in [1.82, 2.24) is 9.78 Å². The standard InChI is InChI=1S/C8H15N3O/c1-11-7-8(6-10-11)2-4-12-5-3-9/h6-7H,2-5,9H2,1H3. The minimum Gasteiger partial charge on any atom is -0.380 e. The van der Waals surface area contributed by atoms with E-state index in [2.05, 4.69) is 5.10 Å². The minimum atomic E-state index is 0.590. The molecule has 4 heteroatoms. The van der Waals surface area contributed by atoms with Crippen LogP contribution in [-0.4, -0.2) is 29.5 Å². The summed E-state index contributed by atoms with van der Waals surface area (Å²) in [5.41, 5.74) is 6.47. The summed E-state index contributed by atoms with van der Waals surface area (Å²) in [6, 6.07) is 0. The zero-order valence-electron chi connectivity index (χ0n) is 7.36. The normalized spacial score (nSPS) is 10.5. The van der Waals surface area contributed by atoms with E-state index in [0.29, 0.717) is 13.2 Å². The lowest BCUT2D eigenvalue weighted by Gasteiger charge is -1.99. The van der Waals surface area contributed by atoms with E-state index in [1.165, 1.54) is 5.56 Å². The van der Waals surface area contributed by atoms with Crippen LogP contribution >= 0.6 is 0 Å². The Balaban J connectivity index is 2.15. The summed E-state index contributed by atoms with van der Waals surface area (Å²) in [4.78, 5) is 0. The number of nitrogens with two attached hydrogens (primary N) is 1. The quantitative estimate of drug-likeness (QED) is 0.628. The van der Waals surface area contributed by atoms with Crippen molar-refractivity contribution in [2.24, 2.45) is 12.8 Å². The fourth-order valence-corrected chi connectivity index (χ4v) is 0.976. The van der Waals surface area contributed by atoms with Gasteiger partial charge in [0.2, 0.25) is 0 Å².